The SMILES string of the molecule is C=C1CCC(C)(CCCCCCCC)O1. The van der Waals surface area contributed by atoms with Crippen molar-refractivity contribution in [2.45, 2.75) is 77.2 Å². The Kier molecular flexibility index (Phi) is 5.21. The summed E-state index contributed by atoms with van der Waals surface area (Å²) in [7, 11) is 0. The van der Waals surface area contributed by atoms with Gasteiger partial charge in [-0.2, -0.15) is 0 Å². The van der Waals surface area contributed by atoms with Crippen LogP contribution in [0.15, 0.2) is 12.3 Å². The van der Waals surface area contributed by atoms with Crippen molar-refractivity contribution < 1.29 is 4.74 Å². The summed E-state index contributed by atoms with van der Waals surface area (Å²) in [6.45, 7) is 8.39. The van der Waals surface area contributed by atoms with Gasteiger partial charge in [-0.15, -0.1) is 0 Å². The predicted octanol–water partition coefficient (Wildman–Crippen LogP) is 4.82. The molecule has 88 valence electrons. The Balaban J connectivity index is 2.02. The molecule has 0 N–H and O–H groups in total. The molecule has 0 spiro atoms. The van der Waals surface area contributed by atoms with Crippen molar-refractivity contribution in [1.82, 2.24) is 0 Å². The first-order valence-corrected chi connectivity index (χ1v) is 6.53. The molecule has 0 amide bonds. The molecule has 1 rings (SSSR count). The van der Waals surface area contributed by atoms with Crippen LogP contribution in [0.4, 0.5) is 0 Å². The number of hydrogen-bond acceptors (Lipinski definition) is 1. The van der Waals surface area contributed by atoms with Crippen molar-refractivity contribution in [3.63, 3.8) is 0 Å². The lowest BCUT2D eigenvalue weighted by Gasteiger charge is -2.23. The lowest BCUT2D eigenvalue weighted by molar-refractivity contribution is 0.0476. The molecule has 0 aromatic rings. The Hall–Kier alpha value is -0.460. The van der Waals surface area contributed by atoms with Gasteiger partial charge in [-0.3, -0.25) is 0 Å². The summed E-state index contributed by atoms with van der Waals surface area (Å²) in [6.07, 6.45) is 11.6. The van der Waals surface area contributed by atoms with Crippen LogP contribution in [0.3, 0.4) is 0 Å². The van der Waals surface area contributed by atoms with E-state index in [2.05, 4.69) is 20.4 Å². The molecule has 1 unspecified atom stereocenters. The summed E-state index contributed by atoms with van der Waals surface area (Å²) < 4.78 is 5.78. The number of ether oxygens (including phenoxy) is 1. The van der Waals surface area contributed by atoms with E-state index in [1.807, 2.05) is 0 Å². The van der Waals surface area contributed by atoms with Crippen LogP contribution in [0, 0.1) is 0 Å². The molecular formula is C14H26O. The van der Waals surface area contributed by atoms with Crippen molar-refractivity contribution in [2.24, 2.45) is 0 Å². The van der Waals surface area contributed by atoms with Crippen LogP contribution in [0.5, 0.6) is 0 Å². The zero-order chi connectivity index (χ0) is 11.1. The van der Waals surface area contributed by atoms with Gasteiger partial charge < -0.3 is 4.74 Å². The van der Waals surface area contributed by atoms with Crippen LogP contribution in [0.25, 0.3) is 0 Å². The minimum absolute atomic E-state index is 0.113. The molecule has 0 bridgehead atoms. The van der Waals surface area contributed by atoms with Crippen molar-refractivity contribution in [3.05, 3.63) is 12.3 Å². The van der Waals surface area contributed by atoms with E-state index in [0.29, 0.717) is 0 Å². The van der Waals surface area contributed by atoms with Gasteiger partial charge in [0.25, 0.3) is 0 Å². The van der Waals surface area contributed by atoms with Crippen LogP contribution in [0.2, 0.25) is 0 Å². The summed E-state index contributed by atoms with van der Waals surface area (Å²) in [5, 5.41) is 0. The topological polar surface area (TPSA) is 9.23 Å². The van der Waals surface area contributed by atoms with E-state index in [1.54, 1.807) is 0 Å². The van der Waals surface area contributed by atoms with Gasteiger partial charge in [-0.1, -0.05) is 45.6 Å². The summed E-state index contributed by atoms with van der Waals surface area (Å²) >= 11 is 0. The first kappa shape index (κ1) is 12.6. The molecule has 0 aromatic carbocycles. The van der Waals surface area contributed by atoms with E-state index >= 15 is 0 Å². The largest absolute Gasteiger partial charge is 0.493 e. The monoisotopic (exact) mass is 210 g/mol. The first-order chi connectivity index (χ1) is 7.16. The molecule has 1 aliphatic rings. The number of hydrogen-bond donors (Lipinski definition) is 0. The van der Waals surface area contributed by atoms with E-state index < -0.39 is 0 Å². The summed E-state index contributed by atoms with van der Waals surface area (Å²) in [4.78, 5) is 0. The molecule has 0 saturated carbocycles. The molecule has 1 fully saturated rings. The Morgan fingerprint density at radius 1 is 1.20 bits per heavy atom. The van der Waals surface area contributed by atoms with Crippen LogP contribution in [0.1, 0.15) is 71.6 Å². The number of allylic oxidation sites excluding steroid dienone is 1. The van der Waals surface area contributed by atoms with Crippen molar-refractivity contribution in [1.29, 1.82) is 0 Å². The molecule has 0 radical (unpaired) electrons. The van der Waals surface area contributed by atoms with Crippen molar-refractivity contribution >= 4 is 0 Å². The average Bonchev–Trinajstić information content (AvgIpc) is 2.53. The maximum Gasteiger partial charge on any atom is 0.106 e. The lowest BCUT2D eigenvalue weighted by Crippen LogP contribution is -2.21. The van der Waals surface area contributed by atoms with Crippen molar-refractivity contribution in [2.75, 3.05) is 0 Å². The number of rotatable bonds is 7. The quantitative estimate of drug-likeness (QED) is 0.547. The summed E-state index contributed by atoms with van der Waals surface area (Å²) in [5.74, 6) is 0.989. The first-order valence-electron chi connectivity index (χ1n) is 6.53. The minimum Gasteiger partial charge on any atom is -0.493 e. The van der Waals surface area contributed by atoms with Crippen LogP contribution >= 0.6 is 0 Å². The molecule has 1 heteroatoms. The predicted molar refractivity (Wildman–Crippen MR) is 65.9 cm³/mol. The molecule has 1 nitrogen and oxygen atoms in total. The fourth-order valence-electron chi connectivity index (χ4n) is 2.31. The van der Waals surface area contributed by atoms with Gasteiger partial charge in [0.1, 0.15) is 5.60 Å². The second-order valence-corrected chi connectivity index (χ2v) is 5.11. The molecule has 1 atom stereocenters. The summed E-state index contributed by atoms with van der Waals surface area (Å²) in [5.41, 5.74) is 0.113. The van der Waals surface area contributed by atoms with E-state index in [-0.39, 0.29) is 5.60 Å². The highest BCUT2D eigenvalue weighted by molar-refractivity contribution is 4.97. The van der Waals surface area contributed by atoms with Gasteiger partial charge >= 0.3 is 0 Å². The van der Waals surface area contributed by atoms with Gasteiger partial charge in [0, 0.05) is 6.42 Å². The molecule has 0 aromatic heterocycles. The molecular weight excluding hydrogens is 184 g/mol. The fraction of sp³-hybridized carbons (Fsp3) is 0.857. The summed E-state index contributed by atoms with van der Waals surface area (Å²) in [6, 6.07) is 0. The maximum atomic E-state index is 5.78. The van der Waals surface area contributed by atoms with Gasteiger partial charge in [-0.05, 0) is 26.2 Å². The standard InChI is InChI=1S/C14H26O/c1-4-5-6-7-8-9-11-14(3)12-10-13(2)15-14/h2,4-12H2,1,3H3. The Morgan fingerprint density at radius 3 is 2.47 bits per heavy atom. The Bertz CT molecular complexity index is 198. The number of unbranched alkanes of at least 4 members (excludes halogenated alkanes) is 5. The van der Waals surface area contributed by atoms with E-state index in [9.17, 15) is 0 Å². The highest BCUT2D eigenvalue weighted by Gasteiger charge is 2.31. The van der Waals surface area contributed by atoms with E-state index in [4.69, 9.17) is 4.74 Å². The second kappa shape index (κ2) is 6.19. The van der Waals surface area contributed by atoms with Gasteiger partial charge in [0.15, 0.2) is 0 Å². The third kappa shape index (κ3) is 4.72. The normalized spacial score (nSPS) is 25.6. The molecule has 0 aliphatic carbocycles. The highest BCUT2D eigenvalue weighted by atomic mass is 16.5. The third-order valence-electron chi connectivity index (χ3n) is 3.38. The van der Waals surface area contributed by atoms with Crippen LogP contribution in [-0.2, 0) is 4.74 Å². The third-order valence-corrected chi connectivity index (χ3v) is 3.38. The molecule has 1 saturated heterocycles. The molecule has 1 aliphatic heterocycles. The second-order valence-electron chi connectivity index (χ2n) is 5.11. The molecule has 15 heavy (non-hydrogen) atoms. The maximum absolute atomic E-state index is 5.78. The zero-order valence-electron chi connectivity index (χ0n) is 10.5. The Morgan fingerprint density at radius 2 is 1.87 bits per heavy atom. The van der Waals surface area contributed by atoms with Crippen LogP contribution in [-0.4, -0.2) is 5.60 Å². The van der Waals surface area contributed by atoms with Crippen LogP contribution < -0.4 is 0 Å². The fourth-order valence-corrected chi connectivity index (χ4v) is 2.31. The van der Waals surface area contributed by atoms with Gasteiger partial charge in [0.05, 0.1) is 5.76 Å². The van der Waals surface area contributed by atoms with Gasteiger partial charge in [-0.25, -0.2) is 0 Å². The highest BCUT2D eigenvalue weighted by Crippen LogP contribution is 2.35. The Labute approximate surface area is 94.9 Å². The smallest absolute Gasteiger partial charge is 0.106 e. The molecule has 1 heterocycles. The zero-order valence-corrected chi connectivity index (χ0v) is 10.5. The lowest BCUT2D eigenvalue weighted by atomic mass is 9.95. The average molecular weight is 210 g/mol. The van der Waals surface area contributed by atoms with Crippen molar-refractivity contribution in [3.8, 4) is 0 Å². The van der Waals surface area contributed by atoms with E-state index in [0.717, 1.165) is 12.2 Å². The minimum atomic E-state index is 0.113. The van der Waals surface area contributed by atoms with E-state index in [1.165, 1.54) is 51.4 Å². The van der Waals surface area contributed by atoms with Gasteiger partial charge in [0.2, 0.25) is 0 Å².